The smallest absolute Gasteiger partial charge is 0.407 e. The third kappa shape index (κ3) is 5.47. The van der Waals surface area contributed by atoms with Crippen molar-refractivity contribution < 1.29 is 22.7 Å². The number of hydrogen-bond donors (Lipinski definition) is 2. The van der Waals surface area contributed by atoms with Crippen LogP contribution >= 0.6 is 0 Å². The van der Waals surface area contributed by atoms with Crippen LogP contribution in [0.5, 0.6) is 0 Å². The van der Waals surface area contributed by atoms with Crippen molar-refractivity contribution in [3.05, 3.63) is 0 Å². The maximum atomic E-state index is 12.3. The van der Waals surface area contributed by atoms with Crippen LogP contribution in [0.25, 0.3) is 0 Å². The first-order valence-electron chi connectivity index (χ1n) is 7.76. The summed E-state index contributed by atoms with van der Waals surface area (Å²) in [6.07, 6.45) is 2.99. The van der Waals surface area contributed by atoms with Crippen molar-refractivity contribution in [2.75, 3.05) is 6.61 Å². The second-order valence-corrected chi connectivity index (χ2v) is 7.83. The molecular formula is C14H26N2O5S. The molecule has 0 saturated heterocycles. The molecule has 1 rings (SSSR count). The molecule has 0 radical (unpaired) electrons. The van der Waals surface area contributed by atoms with Gasteiger partial charge in [-0.05, 0) is 32.6 Å². The Morgan fingerprint density at radius 1 is 1.23 bits per heavy atom. The van der Waals surface area contributed by atoms with Crippen LogP contribution in [0, 0.1) is 0 Å². The Hall–Kier alpha value is -1.31. The van der Waals surface area contributed by atoms with Crippen molar-refractivity contribution in [1.82, 2.24) is 10.0 Å². The summed E-state index contributed by atoms with van der Waals surface area (Å²) in [6, 6.07) is 0. The van der Waals surface area contributed by atoms with Crippen molar-refractivity contribution in [2.24, 2.45) is 0 Å². The molecule has 0 bridgehead atoms. The molecule has 1 atom stereocenters. The Kier molecular flexibility index (Phi) is 6.65. The number of nitrogens with one attached hydrogen (secondary N) is 2. The number of sulfonamides is 1. The number of carbonyl (C=O) groups is 2. The second kappa shape index (κ2) is 7.80. The maximum absolute atomic E-state index is 12.3. The predicted octanol–water partition coefficient (Wildman–Crippen LogP) is 1.68. The van der Waals surface area contributed by atoms with Gasteiger partial charge in [-0.25, -0.2) is 13.2 Å². The molecule has 7 nitrogen and oxygen atoms in total. The normalized spacial score (nSPS) is 17.4. The molecule has 0 spiro atoms. The lowest BCUT2D eigenvalue weighted by Gasteiger charge is -2.28. The number of hydrogen-bond acceptors (Lipinski definition) is 5. The molecule has 0 aromatic carbocycles. The minimum Gasteiger partial charge on any atom is -0.450 e. The van der Waals surface area contributed by atoms with Gasteiger partial charge < -0.3 is 10.1 Å². The Bertz CT molecular complexity index is 501. The molecule has 0 heterocycles. The Morgan fingerprint density at radius 2 is 1.86 bits per heavy atom. The third-order valence-electron chi connectivity index (χ3n) is 3.56. The van der Waals surface area contributed by atoms with Gasteiger partial charge in [-0.2, -0.15) is 0 Å². The highest BCUT2D eigenvalue weighted by molar-refractivity contribution is 7.90. The summed E-state index contributed by atoms with van der Waals surface area (Å²) in [5.41, 5.74) is -1.31. The first-order chi connectivity index (χ1) is 10.2. The summed E-state index contributed by atoms with van der Waals surface area (Å²) >= 11 is 0. The van der Waals surface area contributed by atoms with Gasteiger partial charge in [-0.15, -0.1) is 0 Å². The fourth-order valence-electron chi connectivity index (χ4n) is 2.01. The highest BCUT2D eigenvalue weighted by Crippen LogP contribution is 2.28. The largest absolute Gasteiger partial charge is 0.450 e. The second-order valence-electron chi connectivity index (χ2n) is 5.87. The molecular weight excluding hydrogens is 308 g/mol. The lowest BCUT2D eigenvalue weighted by molar-refractivity contribution is -0.125. The van der Waals surface area contributed by atoms with Crippen molar-refractivity contribution >= 4 is 22.0 Å². The van der Waals surface area contributed by atoms with E-state index >= 15 is 0 Å². The van der Waals surface area contributed by atoms with Crippen LogP contribution in [0.4, 0.5) is 4.79 Å². The molecule has 1 aliphatic rings. The molecule has 1 fully saturated rings. The van der Waals surface area contributed by atoms with Crippen LogP contribution in [-0.4, -0.2) is 37.8 Å². The summed E-state index contributed by atoms with van der Waals surface area (Å²) in [4.78, 5) is 24.1. The predicted molar refractivity (Wildman–Crippen MR) is 82.8 cm³/mol. The zero-order valence-corrected chi connectivity index (χ0v) is 14.3. The molecule has 1 saturated carbocycles. The van der Waals surface area contributed by atoms with Gasteiger partial charge in [0.05, 0.1) is 11.9 Å². The van der Waals surface area contributed by atoms with E-state index < -0.39 is 32.8 Å². The average molecular weight is 334 g/mol. The van der Waals surface area contributed by atoms with E-state index in [-0.39, 0.29) is 6.61 Å². The molecule has 8 heteroatoms. The van der Waals surface area contributed by atoms with E-state index in [2.05, 4.69) is 10.0 Å². The zero-order valence-electron chi connectivity index (χ0n) is 13.5. The number of unbranched alkanes of at least 4 members (excludes halogenated alkanes) is 1. The summed E-state index contributed by atoms with van der Waals surface area (Å²) in [6.45, 7) is 5.60. The first-order valence-corrected chi connectivity index (χ1v) is 9.30. The standard InChI is InChI=1S/C14H26N2O5S/c1-4-6-10-21-13(18)15-14(3,9-5-2)12(17)16-22(19,20)11-7-8-11/h11H,4-10H2,1-3H3,(H,15,18)(H,16,17). The third-order valence-corrected chi connectivity index (χ3v) is 5.38. The van der Waals surface area contributed by atoms with Crippen molar-refractivity contribution in [3.8, 4) is 0 Å². The summed E-state index contributed by atoms with van der Waals surface area (Å²) in [7, 11) is -3.64. The fourth-order valence-corrected chi connectivity index (χ4v) is 3.41. The SMILES string of the molecule is CCCCOC(=O)NC(C)(CCC)C(=O)NS(=O)(=O)C1CC1. The molecule has 0 aliphatic heterocycles. The van der Waals surface area contributed by atoms with E-state index in [0.717, 1.165) is 12.8 Å². The van der Waals surface area contributed by atoms with Gasteiger partial charge in [0.2, 0.25) is 10.0 Å². The molecule has 2 amide bonds. The van der Waals surface area contributed by atoms with E-state index in [1.165, 1.54) is 6.92 Å². The minimum atomic E-state index is -3.64. The quantitative estimate of drug-likeness (QED) is 0.625. The van der Waals surface area contributed by atoms with Crippen LogP contribution in [0.2, 0.25) is 0 Å². The lowest BCUT2D eigenvalue weighted by atomic mass is 9.96. The lowest BCUT2D eigenvalue weighted by Crippen LogP contribution is -2.58. The van der Waals surface area contributed by atoms with E-state index in [1.807, 2.05) is 13.8 Å². The van der Waals surface area contributed by atoms with Crippen molar-refractivity contribution in [3.63, 3.8) is 0 Å². The average Bonchev–Trinajstić information content (AvgIpc) is 3.23. The van der Waals surface area contributed by atoms with Gasteiger partial charge in [0.25, 0.3) is 5.91 Å². The topological polar surface area (TPSA) is 102 Å². The van der Waals surface area contributed by atoms with Crippen molar-refractivity contribution in [1.29, 1.82) is 0 Å². The Morgan fingerprint density at radius 3 is 2.36 bits per heavy atom. The van der Waals surface area contributed by atoms with Crippen LogP contribution in [0.1, 0.15) is 59.3 Å². The molecule has 2 N–H and O–H groups in total. The van der Waals surface area contributed by atoms with Crippen LogP contribution in [0.3, 0.4) is 0 Å². The summed E-state index contributed by atoms with van der Waals surface area (Å²) in [5.74, 6) is -0.714. The number of amides is 2. The van der Waals surface area contributed by atoms with Crippen LogP contribution in [0.15, 0.2) is 0 Å². The minimum absolute atomic E-state index is 0.270. The van der Waals surface area contributed by atoms with Gasteiger partial charge in [-0.3, -0.25) is 9.52 Å². The number of alkyl carbamates (subject to hydrolysis) is 1. The first kappa shape index (κ1) is 18.7. The fraction of sp³-hybridized carbons (Fsp3) is 0.857. The highest BCUT2D eigenvalue weighted by Gasteiger charge is 2.42. The number of carbonyl (C=O) groups excluding carboxylic acids is 2. The molecule has 0 aromatic rings. The molecule has 1 unspecified atom stereocenters. The van der Waals surface area contributed by atoms with Crippen molar-refractivity contribution in [2.45, 2.75) is 70.1 Å². The zero-order chi connectivity index (χ0) is 16.8. The summed E-state index contributed by atoms with van der Waals surface area (Å²) < 4.78 is 30.8. The maximum Gasteiger partial charge on any atom is 0.407 e. The van der Waals surface area contributed by atoms with E-state index in [9.17, 15) is 18.0 Å². The Balaban J connectivity index is 2.67. The van der Waals surface area contributed by atoms with Crippen LogP contribution < -0.4 is 10.0 Å². The molecule has 1 aliphatic carbocycles. The van der Waals surface area contributed by atoms with Gasteiger partial charge in [0.15, 0.2) is 0 Å². The van der Waals surface area contributed by atoms with Crippen LogP contribution in [-0.2, 0) is 19.6 Å². The molecule has 0 aromatic heterocycles. The molecule has 22 heavy (non-hydrogen) atoms. The van der Waals surface area contributed by atoms with E-state index in [4.69, 9.17) is 4.74 Å². The summed E-state index contributed by atoms with van der Waals surface area (Å²) in [5, 5.41) is 2.01. The van der Waals surface area contributed by atoms with Gasteiger partial charge in [0.1, 0.15) is 5.54 Å². The number of rotatable bonds is 9. The number of ether oxygens (including phenoxy) is 1. The van der Waals surface area contributed by atoms with E-state index in [1.54, 1.807) is 0 Å². The molecule has 128 valence electrons. The van der Waals surface area contributed by atoms with Gasteiger partial charge in [0, 0.05) is 0 Å². The monoisotopic (exact) mass is 334 g/mol. The Labute approximate surface area is 132 Å². The van der Waals surface area contributed by atoms with E-state index in [0.29, 0.717) is 25.7 Å². The van der Waals surface area contributed by atoms with Gasteiger partial charge in [-0.1, -0.05) is 26.7 Å². The highest BCUT2D eigenvalue weighted by atomic mass is 32.2. The van der Waals surface area contributed by atoms with Gasteiger partial charge >= 0.3 is 6.09 Å².